The summed E-state index contributed by atoms with van der Waals surface area (Å²) in [5, 5.41) is 9.77. The first-order valence-electron chi connectivity index (χ1n) is 10.7. The lowest BCUT2D eigenvalue weighted by atomic mass is 9.91. The summed E-state index contributed by atoms with van der Waals surface area (Å²) in [5.41, 5.74) is 0. The molecule has 0 aromatic heterocycles. The first-order valence-corrected chi connectivity index (χ1v) is 13.8. The van der Waals surface area contributed by atoms with Gasteiger partial charge in [-0.1, -0.05) is 18.3 Å². The van der Waals surface area contributed by atoms with Gasteiger partial charge in [-0.3, -0.25) is 4.57 Å². The van der Waals surface area contributed by atoms with Gasteiger partial charge in [0.2, 0.25) is 0 Å². The fourth-order valence-corrected chi connectivity index (χ4v) is 7.07. The summed E-state index contributed by atoms with van der Waals surface area (Å²) in [6, 6.07) is 0. The summed E-state index contributed by atoms with van der Waals surface area (Å²) < 4.78 is 35.8. The normalized spacial score (nSPS) is 37.5. The van der Waals surface area contributed by atoms with Crippen molar-refractivity contribution in [3.63, 3.8) is 0 Å². The van der Waals surface area contributed by atoms with Crippen LogP contribution in [0.25, 0.3) is 0 Å². The van der Waals surface area contributed by atoms with E-state index >= 15 is 0 Å². The molecule has 2 unspecified atom stereocenters. The molecule has 172 valence electrons. The van der Waals surface area contributed by atoms with Gasteiger partial charge in [-0.25, -0.2) is 0 Å². The van der Waals surface area contributed by atoms with Crippen molar-refractivity contribution in [2.75, 3.05) is 19.0 Å². The fraction of sp³-hybridized carbons (Fsp3) is 1.00. The zero-order valence-corrected chi connectivity index (χ0v) is 20.2. The van der Waals surface area contributed by atoms with E-state index in [-0.39, 0.29) is 60.6 Å². The highest BCUT2D eigenvalue weighted by atomic mass is 32.7. The molecule has 29 heavy (non-hydrogen) atoms. The minimum absolute atomic E-state index is 0.00543. The first kappa shape index (κ1) is 25.6. The number of rotatable bonds is 11. The van der Waals surface area contributed by atoms with Crippen molar-refractivity contribution in [1.82, 2.24) is 0 Å². The summed E-state index contributed by atoms with van der Waals surface area (Å²) in [6.45, 7) is 8.07. The van der Waals surface area contributed by atoms with Crippen LogP contribution in [0.2, 0.25) is 0 Å². The smallest absolute Gasteiger partial charge is 0.192 e. The number of ether oxygens (including phenoxy) is 3. The SMILES string of the molecule is CC(C)OC[C@H]1C(CO)[C@@H](C)C[C@H]1OP(=O)([O-])SC[C@H]1O[C@@H](C)C[C@H]1OC(C)C. The van der Waals surface area contributed by atoms with E-state index < -0.39 is 12.9 Å². The molecule has 2 fully saturated rings. The van der Waals surface area contributed by atoms with Gasteiger partial charge in [-0.05, 0) is 52.9 Å². The predicted molar refractivity (Wildman–Crippen MR) is 113 cm³/mol. The molecule has 0 radical (unpaired) electrons. The van der Waals surface area contributed by atoms with Crippen LogP contribution in [-0.2, 0) is 23.3 Å². The van der Waals surface area contributed by atoms with Crippen LogP contribution in [0.5, 0.6) is 0 Å². The second kappa shape index (κ2) is 11.3. The Hall–Kier alpha value is 0.340. The second-order valence-electron chi connectivity index (χ2n) is 8.94. The highest BCUT2D eigenvalue weighted by Gasteiger charge is 2.43. The van der Waals surface area contributed by atoms with Crippen molar-refractivity contribution in [3.05, 3.63) is 0 Å². The van der Waals surface area contributed by atoms with Gasteiger partial charge in [0.25, 0.3) is 0 Å². The van der Waals surface area contributed by atoms with Gasteiger partial charge in [-0.2, -0.15) is 0 Å². The molecule has 1 heterocycles. The number of aliphatic hydroxyl groups excluding tert-OH is 1. The van der Waals surface area contributed by atoms with E-state index in [9.17, 15) is 14.6 Å². The molecule has 7 nitrogen and oxygen atoms in total. The minimum Gasteiger partial charge on any atom is -0.770 e. The maximum atomic E-state index is 12.7. The lowest BCUT2D eigenvalue weighted by Gasteiger charge is -2.32. The van der Waals surface area contributed by atoms with Crippen LogP contribution in [0, 0.1) is 17.8 Å². The Bertz CT molecular complexity index is 547. The summed E-state index contributed by atoms with van der Waals surface area (Å²) in [4.78, 5) is 12.7. The summed E-state index contributed by atoms with van der Waals surface area (Å²) in [7, 11) is 0. The van der Waals surface area contributed by atoms with Gasteiger partial charge in [0.05, 0.1) is 43.2 Å². The van der Waals surface area contributed by atoms with Crippen molar-refractivity contribution >= 4 is 18.2 Å². The van der Waals surface area contributed by atoms with E-state index in [1.165, 1.54) is 0 Å². The molecule has 1 saturated heterocycles. The van der Waals surface area contributed by atoms with Gasteiger partial charge in [-0.15, -0.1) is 0 Å². The molecule has 1 N–H and O–H groups in total. The number of hydrogen-bond acceptors (Lipinski definition) is 8. The molecule has 1 saturated carbocycles. The lowest BCUT2D eigenvalue weighted by Crippen LogP contribution is -2.31. The van der Waals surface area contributed by atoms with Crippen molar-refractivity contribution < 1.29 is 33.3 Å². The molecule has 0 aromatic carbocycles. The van der Waals surface area contributed by atoms with Gasteiger partial charge in [0.1, 0.15) is 0 Å². The average molecular weight is 454 g/mol. The average Bonchev–Trinajstić information content (AvgIpc) is 3.08. The monoisotopic (exact) mass is 453 g/mol. The zero-order valence-electron chi connectivity index (χ0n) is 18.5. The highest BCUT2D eigenvalue weighted by Crippen LogP contribution is 2.56. The van der Waals surface area contributed by atoms with Gasteiger partial charge >= 0.3 is 0 Å². The second-order valence-corrected chi connectivity index (χ2v) is 12.7. The van der Waals surface area contributed by atoms with Gasteiger partial charge in [0.15, 0.2) is 6.80 Å². The standard InChI is InChI=1S/C20H39O7PS/c1-12(2)24-10-17-16(9-21)14(5)7-18(17)27-28(22,23)29-11-20-19(25-13(3)4)8-15(6)26-20/h12-21H,7-11H2,1-6H3,(H,22,23)/p-1/t14-,15-,16?,17-,18+,19+,20+/m0/s1. The molecular weight excluding hydrogens is 415 g/mol. The topological polar surface area (TPSA) is 97.3 Å². The van der Waals surface area contributed by atoms with E-state index in [0.717, 1.165) is 17.8 Å². The van der Waals surface area contributed by atoms with Crippen LogP contribution in [0.4, 0.5) is 0 Å². The highest BCUT2D eigenvalue weighted by molar-refractivity contribution is 8.54. The molecule has 8 atom stereocenters. The molecular formula is C20H38O7PS-. The van der Waals surface area contributed by atoms with E-state index in [2.05, 4.69) is 0 Å². The largest absolute Gasteiger partial charge is 0.770 e. The third-order valence-corrected chi connectivity index (χ3v) is 8.67. The molecule has 9 heteroatoms. The third kappa shape index (κ3) is 7.76. The molecule has 2 aliphatic rings. The summed E-state index contributed by atoms with van der Waals surface area (Å²) >= 11 is 0.802. The van der Waals surface area contributed by atoms with Gasteiger partial charge in [0, 0.05) is 24.7 Å². The quantitative estimate of drug-likeness (QED) is 0.476. The third-order valence-electron chi connectivity index (χ3n) is 5.69. The molecule has 1 aliphatic heterocycles. The molecule has 2 rings (SSSR count). The van der Waals surface area contributed by atoms with Crippen LogP contribution in [0.15, 0.2) is 0 Å². The van der Waals surface area contributed by atoms with Crippen molar-refractivity contribution in [2.45, 2.75) is 91.0 Å². The van der Waals surface area contributed by atoms with Crippen molar-refractivity contribution in [1.29, 1.82) is 0 Å². The number of aliphatic hydroxyl groups is 1. The Labute approximate surface area is 179 Å². The Morgan fingerprint density at radius 2 is 1.83 bits per heavy atom. The molecule has 0 amide bonds. The Balaban J connectivity index is 1.95. The Kier molecular flexibility index (Phi) is 9.96. The molecule has 0 aromatic rings. The predicted octanol–water partition coefficient (Wildman–Crippen LogP) is 3.23. The maximum Gasteiger partial charge on any atom is 0.192 e. The van der Waals surface area contributed by atoms with Crippen LogP contribution < -0.4 is 4.89 Å². The first-order chi connectivity index (χ1) is 13.5. The minimum atomic E-state index is -4.13. The van der Waals surface area contributed by atoms with Crippen molar-refractivity contribution in [3.8, 4) is 0 Å². The molecule has 0 spiro atoms. The summed E-state index contributed by atoms with van der Waals surface area (Å²) in [6.07, 6.45) is 0.678. The molecule has 1 aliphatic carbocycles. The Morgan fingerprint density at radius 3 is 2.41 bits per heavy atom. The van der Waals surface area contributed by atoms with E-state index in [1.807, 2.05) is 41.5 Å². The van der Waals surface area contributed by atoms with Crippen LogP contribution in [-0.4, -0.2) is 60.7 Å². The van der Waals surface area contributed by atoms with Crippen LogP contribution >= 0.6 is 18.2 Å². The van der Waals surface area contributed by atoms with E-state index in [0.29, 0.717) is 13.0 Å². The van der Waals surface area contributed by atoms with E-state index in [4.69, 9.17) is 18.7 Å². The van der Waals surface area contributed by atoms with Gasteiger partial charge < -0.3 is 28.7 Å². The van der Waals surface area contributed by atoms with Crippen LogP contribution in [0.3, 0.4) is 0 Å². The number of hydrogen-bond donors (Lipinski definition) is 1. The van der Waals surface area contributed by atoms with E-state index in [1.54, 1.807) is 0 Å². The molecule has 0 bridgehead atoms. The zero-order chi connectivity index (χ0) is 21.8. The maximum absolute atomic E-state index is 12.7. The van der Waals surface area contributed by atoms with Crippen LogP contribution in [0.1, 0.15) is 54.4 Å². The summed E-state index contributed by atoms with van der Waals surface area (Å²) in [5.74, 6) is 0.298. The lowest BCUT2D eigenvalue weighted by molar-refractivity contribution is -0.195. The Morgan fingerprint density at radius 1 is 1.14 bits per heavy atom. The van der Waals surface area contributed by atoms with Crippen molar-refractivity contribution in [2.24, 2.45) is 17.8 Å². The fourth-order valence-electron chi connectivity index (χ4n) is 4.31.